The molecule has 1 N–H and O–H groups in total. The van der Waals surface area contributed by atoms with E-state index in [-0.39, 0.29) is 24.8 Å². The summed E-state index contributed by atoms with van der Waals surface area (Å²) in [6, 6.07) is 17.4. The predicted molar refractivity (Wildman–Crippen MR) is 125 cm³/mol. The van der Waals surface area contributed by atoms with Crippen molar-refractivity contribution in [1.29, 1.82) is 0 Å². The molecule has 0 bridgehead atoms. The number of ether oxygens (including phenoxy) is 2. The Bertz CT molecular complexity index is 701. The van der Waals surface area contributed by atoms with Crippen molar-refractivity contribution >= 4 is 24.8 Å². The van der Waals surface area contributed by atoms with Crippen molar-refractivity contribution < 1.29 is 9.47 Å². The predicted octanol–water partition coefficient (Wildman–Crippen LogP) is 4.39. The van der Waals surface area contributed by atoms with Crippen LogP contribution in [0.25, 0.3) is 0 Å². The van der Waals surface area contributed by atoms with Crippen LogP contribution in [-0.4, -0.2) is 51.3 Å². The topological polar surface area (TPSA) is 33.7 Å². The normalized spacial score (nSPS) is 16.4. The van der Waals surface area contributed by atoms with E-state index in [9.17, 15) is 0 Å². The van der Waals surface area contributed by atoms with Crippen LogP contribution in [0.3, 0.4) is 0 Å². The molecule has 3 rings (SSSR count). The fourth-order valence-electron chi connectivity index (χ4n) is 3.85. The Kier molecular flexibility index (Phi) is 12.1. The summed E-state index contributed by atoms with van der Waals surface area (Å²) in [4.78, 5) is 2.60. The first-order valence-corrected chi connectivity index (χ1v) is 9.99. The van der Waals surface area contributed by atoms with Crippen molar-refractivity contribution in [3.05, 3.63) is 59.7 Å². The Morgan fingerprint density at radius 1 is 1.00 bits per heavy atom. The molecule has 2 aromatic rings. The molecule has 1 fully saturated rings. The minimum Gasteiger partial charge on any atom is -0.497 e. The lowest BCUT2D eigenvalue weighted by molar-refractivity contribution is 0.192. The molecule has 162 valence electrons. The van der Waals surface area contributed by atoms with Gasteiger partial charge in [-0.25, -0.2) is 0 Å². The number of methoxy groups -OCH3 is 2. The maximum atomic E-state index is 5.51. The zero-order valence-electron chi connectivity index (χ0n) is 17.4. The van der Waals surface area contributed by atoms with Crippen molar-refractivity contribution in [3.8, 4) is 11.5 Å². The lowest BCUT2D eigenvalue weighted by Crippen LogP contribution is -2.50. The van der Waals surface area contributed by atoms with Gasteiger partial charge in [0.2, 0.25) is 0 Å². The largest absolute Gasteiger partial charge is 0.497 e. The van der Waals surface area contributed by atoms with E-state index in [2.05, 4.69) is 46.6 Å². The van der Waals surface area contributed by atoms with Crippen molar-refractivity contribution in [2.24, 2.45) is 0 Å². The molecule has 1 unspecified atom stereocenters. The van der Waals surface area contributed by atoms with E-state index >= 15 is 0 Å². The quantitative estimate of drug-likeness (QED) is 0.626. The summed E-state index contributed by atoms with van der Waals surface area (Å²) in [7, 11) is 3.44. The maximum absolute atomic E-state index is 5.51. The van der Waals surface area contributed by atoms with Gasteiger partial charge in [-0.3, -0.25) is 0 Å². The molecule has 0 aromatic heterocycles. The Labute approximate surface area is 187 Å². The van der Waals surface area contributed by atoms with Gasteiger partial charge in [0.15, 0.2) is 0 Å². The lowest BCUT2D eigenvalue weighted by Gasteiger charge is -2.34. The first-order valence-electron chi connectivity index (χ1n) is 9.99. The first-order chi connectivity index (χ1) is 13.3. The second-order valence-corrected chi connectivity index (χ2v) is 7.26. The minimum absolute atomic E-state index is 0. The summed E-state index contributed by atoms with van der Waals surface area (Å²) < 4.78 is 10.9. The van der Waals surface area contributed by atoms with Gasteiger partial charge in [0.1, 0.15) is 11.5 Å². The summed E-state index contributed by atoms with van der Waals surface area (Å²) >= 11 is 0. The van der Waals surface area contributed by atoms with Crippen molar-refractivity contribution in [3.63, 3.8) is 0 Å². The van der Waals surface area contributed by atoms with Gasteiger partial charge in [-0.15, -0.1) is 24.8 Å². The molecule has 1 aliphatic rings. The minimum atomic E-state index is 0. The number of rotatable bonds is 9. The van der Waals surface area contributed by atoms with Crippen LogP contribution in [0.1, 0.15) is 24.0 Å². The highest BCUT2D eigenvalue weighted by Gasteiger charge is 2.19. The molecule has 0 radical (unpaired) electrons. The highest BCUT2D eigenvalue weighted by Crippen LogP contribution is 2.25. The van der Waals surface area contributed by atoms with Crippen LogP contribution < -0.4 is 14.8 Å². The molecule has 0 saturated carbocycles. The van der Waals surface area contributed by atoms with E-state index < -0.39 is 0 Å². The van der Waals surface area contributed by atoms with Crippen LogP contribution in [-0.2, 0) is 12.8 Å². The van der Waals surface area contributed by atoms with Crippen LogP contribution in [0, 0.1) is 0 Å². The van der Waals surface area contributed by atoms with Gasteiger partial charge in [-0.05, 0) is 61.6 Å². The maximum Gasteiger partial charge on any atom is 0.122 e. The van der Waals surface area contributed by atoms with Gasteiger partial charge in [0.25, 0.3) is 0 Å². The van der Waals surface area contributed by atoms with Gasteiger partial charge in [-0.1, -0.05) is 30.3 Å². The number of halogens is 2. The molecule has 1 saturated heterocycles. The summed E-state index contributed by atoms with van der Waals surface area (Å²) in [5.74, 6) is 1.84. The average molecular weight is 441 g/mol. The van der Waals surface area contributed by atoms with Gasteiger partial charge in [-0.2, -0.15) is 0 Å². The van der Waals surface area contributed by atoms with Gasteiger partial charge in [0.05, 0.1) is 14.2 Å². The average Bonchev–Trinajstić information content (AvgIpc) is 2.73. The van der Waals surface area contributed by atoms with Crippen molar-refractivity contribution in [2.75, 3.05) is 40.4 Å². The first kappa shape index (κ1) is 25.6. The molecule has 0 aliphatic carbocycles. The highest BCUT2D eigenvalue weighted by molar-refractivity contribution is 5.85. The Morgan fingerprint density at radius 2 is 1.79 bits per heavy atom. The van der Waals surface area contributed by atoms with Gasteiger partial charge >= 0.3 is 0 Å². The fraction of sp³-hybridized carbons (Fsp3) is 0.478. The third kappa shape index (κ3) is 8.06. The third-order valence-corrected chi connectivity index (χ3v) is 5.37. The van der Waals surface area contributed by atoms with E-state index in [0.29, 0.717) is 6.04 Å². The van der Waals surface area contributed by atoms with Crippen LogP contribution in [0.15, 0.2) is 48.5 Å². The van der Waals surface area contributed by atoms with E-state index in [4.69, 9.17) is 9.47 Å². The molecule has 1 heterocycles. The Balaban J connectivity index is 0.00000210. The number of hydrogen-bond donors (Lipinski definition) is 1. The zero-order chi connectivity index (χ0) is 18.9. The van der Waals surface area contributed by atoms with E-state index in [1.165, 1.54) is 24.1 Å². The standard InChI is InChI=1S/C23H32N2O2.2ClH/c1-26-22-12-13-23(27-2)20(17-22)10-11-21-18-25(16-14-24-21)15-6-9-19-7-4-3-5-8-19;;/h3-5,7-8,12-13,17,21,24H,6,9-11,14-16,18H2,1-2H3;2*1H. The molecule has 6 heteroatoms. The number of benzene rings is 2. The molecule has 29 heavy (non-hydrogen) atoms. The van der Waals surface area contributed by atoms with E-state index in [1.807, 2.05) is 12.1 Å². The number of nitrogens with one attached hydrogen (secondary N) is 1. The van der Waals surface area contributed by atoms with Crippen LogP contribution in [0.2, 0.25) is 0 Å². The summed E-state index contributed by atoms with van der Waals surface area (Å²) in [5.41, 5.74) is 2.66. The number of piperazine rings is 1. The molecule has 4 nitrogen and oxygen atoms in total. The number of aryl methyl sites for hydroxylation is 2. The smallest absolute Gasteiger partial charge is 0.122 e. The van der Waals surface area contributed by atoms with Crippen molar-refractivity contribution in [1.82, 2.24) is 10.2 Å². The second-order valence-electron chi connectivity index (χ2n) is 7.26. The number of hydrogen-bond acceptors (Lipinski definition) is 4. The van der Waals surface area contributed by atoms with Gasteiger partial charge in [0, 0.05) is 25.7 Å². The number of nitrogens with zero attached hydrogens (tertiary/aromatic N) is 1. The molecule has 1 aliphatic heterocycles. The fourth-order valence-corrected chi connectivity index (χ4v) is 3.85. The summed E-state index contributed by atoms with van der Waals surface area (Å²) in [5, 5.41) is 3.68. The van der Waals surface area contributed by atoms with Crippen LogP contribution >= 0.6 is 24.8 Å². The molecule has 0 spiro atoms. The summed E-state index contributed by atoms with van der Waals surface area (Å²) in [6.45, 7) is 4.52. The Hall–Kier alpha value is -1.46. The molecule has 0 amide bonds. The van der Waals surface area contributed by atoms with Crippen LogP contribution in [0.4, 0.5) is 0 Å². The van der Waals surface area contributed by atoms with Crippen molar-refractivity contribution in [2.45, 2.75) is 31.7 Å². The van der Waals surface area contributed by atoms with Gasteiger partial charge < -0.3 is 19.7 Å². The van der Waals surface area contributed by atoms with Crippen LogP contribution in [0.5, 0.6) is 11.5 Å². The Morgan fingerprint density at radius 3 is 2.52 bits per heavy atom. The molecular formula is C23H34Cl2N2O2. The van der Waals surface area contributed by atoms with E-state index in [1.54, 1.807) is 14.2 Å². The third-order valence-electron chi connectivity index (χ3n) is 5.37. The monoisotopic (exact) mass is 440 g/mol. The lowest BCUT2D eigenvalue weighted by atomic mass is 10.0. The SMILES string of the molecule is COc1ccc(OC)c(CCC2CN(CCCc3ccccc3)CCN2)c1.Cl.Cl. The second kappa shape index (κ2) is 13.7. The van der Waals surface area contributed by atoms with E-state index in [0.717, 1.165) is 50.4 Å². The highest BCUT2D eigenvalue weighted by atomic mass is 35.5. The zero-order valence-corrected chi connectivity index (χ0v) is 19.1. The summed E-state index contributed by atoms with van der Waals surface area (Å²) in [6.07, 6.45) is 4.49. The molecule has 2 aromatic carbocycles. The molecule has 1 atom stereocenters. The molecular weight excluding hydrogens is 407 g/mol.